The summed E-state index contributed by atoms with van der Waals surface area (Å²) in [5.74, 6) is -0.379. The molecule has 1 aromatic carbocycles. The van der Waals surface area contributed by atoms with E-state index < -0.39 is 37.3 Å². The lowest BCUT2D eigenvalue weighted by Gasteiger charge is -2.42. The second-order valence-electron chi connectivity index (χ2n) is 5.23. The van der Waals surface area contributed by atoms with E-state index in [-0.39, 0.29) is 12.5 Å². The molecule has 22 heavy (non-hydrogen) atoms. The third kappa shape index (κ3) is 4.02. The Morgan fingerprint density at radius 2 is 2.00 bits per heavy atom. The van der Waals surface area contributed by atoms with Gasteiger partial charge in [-0.15, -0.1) is 0 Å². The quantitative estimate of drug-likeness (QED) is 0.564. The molecule has 0 unspecified atom stereocenters. The Morgan fingerprint density at radius 1 is 1.32 bits per heavy atom. The van der Waals surface area contributed by atoms with Crippen LogP contribution in [0.5, 0.6) is 0 Å². The molecule has 0 spiro atoms. The van der Waals surface area contributed by atoms with Crippen LogP contribution in [0.3, 0.4) is 0 Å². The number of ether oxygens (including phenoxy) is 2. The van der Waals surface area contributed by atoms with Crippen LogP contribution < -0.4 is 5.32 Å². The molecule has 7 heteroatoms. The average Bonchev–Trinajstić information content (AvgIpc) is 2.50. The van der Waals surface area contributed by atoms with Gasteiger partial charge in [0.15, 0.2) is 6.29 Å². The van der Waals surface area contributed by atoms with Crippen LogP contribution in [0.1, 0.15) is 12.5 Å². The highest BCUT2D eigenvalue weighted by molar-refractivity contribution is 5.73. The Morgan fingerprint density at radius 3 is 2.59 bits per heavy atom. The van der Waals surface area contributed by atoms with Gasteiger partial charge in [-0.05, 0) is 5.56 Å². The number of aliphatic hydroxyl groups is 3. The Labute approximate surface area is 128 Å². The first-order valence-electron chi connectivity index (χ1n) is 7.08. The highest BCUT2D eigenvalue weighted by atomic mass is 16.6. The van der Waals surface area contributed by atoms with Crippen molar-refractivity contribution >= 4 is 5.91 Å². The molecule has 1 aliphatic rings. The first kappa shape index (κ1) is 16.9. The fraction of sp³-hybridized carbons (Fsp3) is 0.533. The van der Waals surface area contributed by atoms with Crippen LogP contribution in [0.15, 0.2) is 30.3 Å². The number of benzene rings is 1. The first-order chi connectivity index (χ1) is 10.5. The number of amides is 1. The molecular weight excluding hydrogens is 290 g/mol. The van der Waals surface area contributed by atoms with E-state index in [9.17, 15) is 20.1 Å². The normalized spacial score (nSPS) is 31.7. The summed E-state index contributed by atoms with van der Waals surface area (Å²) < 4.78 is 10.8. The molecule has 1 heterocycles. The largest absolute Gasteiger partial charge is 0.394 e. The van der Waals surface area contributed by atoms with Crippen LogP contribution >= 0.6 is 0 Å². The first-order valence-corrected chi connectivity index (χ1v) is 7.08. The van der Waals surface area contributed by atoms with E-state index >= 15 is 0 Å². The predicted molar refractivity (Wildman–Crippen MR) is 76.6 cm³/mol. The van der Waals surface area contributed by atoms with Crippen molar-refractivity contribution in [1.82, 2.24) is 5.32 Å². The SMILES string of the molecule is CC(=O)N[C@@H]1[C@@H](OCc2ccccc2)[C@H](O)[C@H](CO)O[C@H]1O. The molecule has 1 aliphatic heterocycles. The van der Waals surface area contributed by atoms with Gasteiger partial charge in [0.2, 0.25) is 5.91 Å². The molecule has 0 radical (unpaired) electrons. The number of aliphatic hydroxyl groups excluding tert-OH is 3. The molecular formula is C15H21NO6. The van der Waals surface area contributed by atoms with Gasteiger partial charge < -0.3 is 30.1 Å². The zero-order chi connectivity index (χ0) is 16.1. The lowest BCUT2D eigenvalue weighted by molar-refractivity contribution is -0.263. The van der Waals surface area contributed by atoms with E-state index in [0.29, 0.717) is 0 Å². The maximum absolute atomic E-state index is 11.3. The van der Waals surface area contributed by atoms with E-state index in [1.165, 1.54) is 6.92 Å². The molecule has 4 N–H and O–H groups in total. The molecule has 0 aliphatic carbocycles. The topological polar surface area (TPSA) is 108 Å². The van der Waals surface area contributed by atoms with Crippen molar-refractivity contribution in [2.24, 2.45) is 0 Å². The zero-order valence-corrected chi connectivity index (χ0v) is 12.3. The number of nitrogens with one attached hydrogen (secondary N) is 1. The van der Waals surface area contributed by atoms with Gasteiger partial charge in [-0.1, -0.05) is 30.3 Å². The summed E-state index contributed by atoms with van der Waals surface area (Å²) in [5, 5.41) is 31.9. The van der Waals surface area contributed by atoms with Crippen LogP contribution in [0.25, 0.3) is 0 Å². The lowest BCUT2D eigenvalue weighted by Crippen LogP contribution is -2.64. The van der Waals surface area contributed by atoms with Gasteiger partial charge in [-0.25, -0.2) is 0 Å². The molecule has 0 aromatic heterocycles. The van der Waals surface area contributed by atoms with E-state index in [1.54, 1.807) is 0 Å². The molecule has 2 rings (SSSR count). The van der Waals surface area contributed by atoms with Crippen molar-refractivity contribution in [2.75, 3.05) is 6.61 Å². The van der Waals surface area contributed by atoms with Crippen LogP contribution in [-0.4, -0.2) is 58.5 Å². The highest BCUT2D eigenvalue weighted by Crippen LogP contribution is 2.23. The summed E-state index contributed by atoms with van der Waals surface area (Å²) in [6, 6.07) is 8.39. The van der Waals surface area contributed by atoms with Crippen LogP contribution in [0, 0.1) is 0 Å². The molecule has 1 saturated heterocycles. The summed E-state index contributed by atoms with van der Waals surface area (Å²) in [4.78, 5) is 11.3. The summed E-state index contributed by atoms with van der Waals surface area (Å²) >= 11 is 0. The number of rotatable bonds is 5. The van der Waals surface area contributed by atoms with E-state index in [0.717, 1.165) is 5.56 Å². The predicted octanol–water partition coefficient (Wildman–Crippen LogP) is -0.853. The third-order valence-electron chi connectivity index (χ3n) is 3.53. The second-order valence-corrected chi connectivity index (χ2v) is 5.23. The molecule has 1 amide bonds. The van der Waals surface area contributed by atoms with Crippen molar-refractivity contribution < 1.29 is 29.6 Å². The lowest BCUT2D eigenvalue weighted by atomic mass is 9.96. The molecule has 5 atom stereocenters. The number of carbonyl (C=O) groups is 1. The second kappa shape index (κ2) is 7.66. The van der Waals surface area contributed by atoms with Gasteiger partial charge in [-0.3, -0.25) is 4.79 Å². The summed E-state index contributed by atoms with van der Waals surface area (Å²) in [6.45, 7) is 1.03. The molecule has 1 fully saturated rings. The Kier molecular flexibility index (Phi) is 5.87. The molecule has 1 aromatic rings. The molecule has 122 valence electrons. The fourth-order valence-corrected chi connectivity index (χ4v) is 2.44. The zero-order valence-electron chi connectivity index (χ0n) is 12.3. The van der Waals surface area contributed by atoms with Crippen molar-refractivity contribution in [3.8, 4) is 0 Å². The Balaban J connectivity index is 2.10. The van der Waals surface area contributed by atoms with Crippen LogP contribution in [0.2, 0.25) is 0 Å². The number of hydrogen-bond donors (Lipinski definition) is 4. The van der Waals surface area contributed by atoms with Crippen LogP contribution in [0.4, 0.5) is 0 Å². The van der Waals surface area contributed by atoms with Gasteiger partial charge >= 0.3 is 0 Å². The van der Waals surface area contributed by atoms with Gasteiger partial charge in [0, 0.05) is 6.92 Å². The minimum atomic E-state index is -1.37. The van der Waals surface area contributed by atoms with E-state index in [4.69, 9.17) is 9.47 Å². The maximum Gasteiger partial charge on any atom is 0.217 e. The van der Waals surface area contributed by atoms with Crippen molar-refractivity contribution in [1.29, 1.82) is 0 Å². The summed E-state index contributed by atoms with van der Waals surface area (Å²) in [7, 11) is 0. The minimum Gasteiger partial charge on any atom is -0.394 e. The standard InChI is InChI=1S/C15H21NO6/c1-9(18)16-12-14(13(19)11(7-17)22-15(12)20)21-8-10-5-3-2-4-6-10/h2-6,11-15,17,19-20H,7-8H2,1H3,(H,16,18)/t11-,12+,13+,14+,15+/m0/s1. The monoisotopic (exact) mass is 311 g/mol. The minimum absolute atomic E-state index is 0.198. The molecule has 0 saturated carbocycles. The van der Waals surface area contributed by atoms with Crippen LogP contribution in [-0.2, 0) is 20.9 Å². The fourth-order valence-electron chi connectivity index (χ4n) is 2.44. The average molecular weight is 311 g/mol. The Bertz CT molecular complexity index is 482. The molecule has 0 bridgehead atoms. The van der Waals surface area contributed by atoms with Gasteiger partial charge in [0.05, 0.1) is 13.2 Å². The smallest absolute Gasteiger partial charge is 0.217 e. The van der Waals surface area contributed by atoms with E-state index in [2.05, 4.69) is 5.32 Å². The van der Waals surface area contributed by atoms with Gasteiger partial charge in [-0.2, -0.15) is 0 Å². The van der Waals surface area contributed by atoms with Gasteiger partial charge in [0.25, 0.3) is 0 Å². The highest BCUT2D eigenvalue weighted by Gasteiger charge is 2.45. The number of hydrogen-bond acceptors (Lipinski definition) is 6. The summed E-state index contributed by atoms with van der Waals surface area (Å²) in [6.07, 6.45) is -4.41. The number of carbonyl (C=O) groups excluding carboxylic acids is 1. The molecule has 7 nitrogen and oxygen atoms in total. The summed E-state index contributed by atoms with van der Waals surface area (Å²) in [5.41, 5.74) is 0.887. The van der Waals surface area contributed by atoms with E-state index in [1.807, 2.05) is 30.3 Å². The maximum atomic E-state index is 11.3. The van der Waals surface area contributed by atoms with Crippen molar-refractivity contribution in [2.45, 2.75) is 44.2 Å². The van der Waals surface area contributed by atoms with Crippen molar-refractivity contribution in [3.05, 3.63) is 35.9 Å². The Hall–Kier alpha value is -1.51. The van der Waals surface area contributed by atoms with Gasteiger partial charge in [0.1, 0.15) is 24.4 Å². The van der Waals surface area contributed by atoms with Crippen molar-refractivity contribution in [3.63, 3.8) is 0 Å². The third-order valence-corrected chi connectivity index (χ3v) is 3.53.